The Morgan fingerprint density at radius 3 is 2.57 bits per heavy atom. The Bertz CT molecular complexity index is 614. The SMILES string of the molecule is CCCN(CC1CC1)S(=O)(=O)c1cc(CCl)cc(C)c1Br. The highest BCUT2D eigenvalue weighted by atomic mass is 79.9. The molecule has 3 nitrogen and oxygen atoms in total. The number of sulfonamides is 1. The first kappa shape index (κ1) is 17.3. The predicted molar refractivity (Wildman–Crippen MR) is 90.2 cm³/mol. The molecule has 0 atom stereocenters. The van der Waals surface area contributed by atoms with Crippen LogP contribution in [0.2, 0.25) is 0 Å². The molecule has 0 aromatic heterocycles. The summed E-state index contributed by atoms with van der Waals surface area (Å²) in [5.41, 5.74) is 1.73. The monoisotopic (exact) mass is 393 g/mol. The van der Waals surface area contributed by atoms with Gasteiger partial charge in [0.05, 0.1) is 4.90 Å². The summed E-state index contributed by atoms with van der Waals surface area (Å²) < 4.78 is 28.2. The molecular weight excluding hydrogens is 374 g/mol. The fourth-order valence-corrected chi connectivity index (χ4v) is 5.15. The van der Waals surface area contributed by atoms with E-state index in [4.69, 9.17) is 11.6 Å². The zero-order valence-electron chi connectivity index (χ0n) is 12.4. The van der Waals surface area contributed by atoms with E-state index in [0.717, 1.165) is 30.4 Å². The van der Waals surface area contributed by atoms with Gasteiger partial charge in [-0.3, -0.25) is 0 Å². The molecule has 2 rings (SSSR count). The van der Waals surface area contributed by atoms with Crippen LogP contribution in [-0.4, -0.2) is 25.8 Å². The van der Waals surface area contributed by atoms with E-state index in [1.54, 1.807) is 10.4 Å². The summed E-state index contributed by atoms with van der Waals surface area (Å²) in [7, 11) is -3.48. The van der Waals surface area contributed by atoms with E-state index in [0.29, 0.717) is 34.3 Å². The molecule has 1 fully saturated rings. The maximum Gasteiger partial charge on any atom is 0.244 e. The number of alkyl halides is 1. The zero-order chi connectivity index (χ0) is 15.6. The van der Waals surface area contributed by atoms with Crippen LogP contribution in [0.25, 0.3) is 0 Å². The Morgan fingerprint density at radius 1 is 1.38 bits per heavy atom. The van der Waals surface area contributed by atoms with Crippen molar-refractivity contribution in [3.8, 4) is 0 Å². The topological polar surface area (TPSA) is 37.4 Å². The van der Waals surface area contributed by atoms with E-state index in [1.165, 1.54) is 0 Å². The lowest BCUT2D eigenvalue weighted by Gasteiger charge is -2.23. The van der Waals surface area contributed by atoms with Crippen molar-refractivity contribution in [2.45, 2.75) is 43.9 Å². The minimum Gasteiger partial charge on any atom is -0.207 e. The van der Waals surface area contributed by atoms with Crippen molar-refractivity contribution < 1.29 is 8.42 Å². The van der Waals surface area contributed by atoms with E-state index in [9.17, 15) is 8.42 Å². The molecule has 0 spiro atoms. The van der Waals surface area contributed by atoms with Crippen LogP contribution >= 0.6 is 27.5 Å². The van der Waals surface area contributed by atoms with Crippen LogP contribution in [0.5, 0.6) is 0 Å². The average molecular weight is 395 g/mol. The number of halogens is 2. The van der Waals surface area contributed by atoms with Gasteiger partial charge < -0.3 is 0 Å². The number of hydrogen-bond donors (Lipinski definition) is 0. The fraction of sp³-hybridized carbons (Fsp3) is 0.600. The molecule has 0 N–H and O–H groups in total. The van der Waals surface area contributed by atoms with Crippen LogP contribution in [0.1, 0.15) is 37.3 Å². The van der Waals surface area contributed by atoms with E-state index in [1.807, 2.05) is 19.9 Å². The summed E-state index contributed by atoms with van der Waals surface area (Å²) in [6.07, 6.45) is 3.09. The van der Waals surface area contributed by atoms with Crippen molar-refractivity contribution in [2.75, 3.05) is 13.1 Å². The van der Waals surface area contributed by atoms with Gasteiger partial charge in [-0.1, -0.05) is 13.0 Å². The van der Waals surface area contributed by atoms with Crippen molar-refractivity contribution in [2.24, 2.45) is 5.92 Å². The van der Waals surface area contributed by atoms with Gasteiger partial charge >= 0.3 is 0 Å². The van der Waals surface area contributed by atoms with Gasteiger partial charge in [-0.25, -0.2) is 8.42 Å². The molecule has 0 unspecified atom stereocenters. The van der Waals surface area contributed by atoms with Crippen LogP contribution in [-0.2, 0) is 15.9 Å². The summed E-state index contributed by atoms with van der Waals surface area (Å²) in [5.74, 6) is 0.843. The van der Waals surface area contributed by atoms with Gasteiger partial charge in [0, 0.05) is 23.4 Å². The van der Waals surface area contributed by atoms with Gasteiger partial charge in [0.1, 0.15) is 0 Å². The molecular formula is C15H21BrClNO2S. The van der Waals surface area contributed by atoms with Crippen molar-refractivity contribution in [1.29, 1.82) is 0 Å². The normalized spacial score (nSPS) is 15.7. The van der Waals surface area contributed by atoms with Crippen molar-refractivity contribution in [3.05, 3.63) is 27.7 Å². The maximum atomic E-state index is 13.0. The summed E-state index contributed by atoms with van der Waals surface area (Å²) >= 11 is 9.32. The first-order chi connectivity index (χ1) is 9.90. The second kappa shape index (κ2) is 6.99. The molecule has 1 aromatic rings. The molecule has 1 aliphatic carbocycles. The third kappa shape index (κ3) is 4.01. The smallest absolute Gasteiger partial charge is 0.207 e. The second-order valence-electron chi connectivity index (χ2n) is 5.66. The van der Waals surface area contributed by atoms with Crippen LogP contribution < -0.4 is 0 Å². The van der Waals surface area contributed by atoms with Crippen molar-refractivity contribution in [3.63, 3.8) is 0 Å². The molecule has 0 amide bonds. The average Bonchev–Trinajstić information content (AvgIpc) is 3.25. The highest BCUT2D eigenvalue weighted by Crippen LogP contribution is 2.34. The Hall–Kier alpha value is -0.100. The van der Waals surface area contributed by atoms with Crippen LogP contribution in [0, 0.1) is 12.8 Å². The Labute approximate surface area is 140 Å². The third-order valence-corrected chi connectivity index (χ3v) is 7.20. The molecule has 21 heavy (non-hydrogen) atoms. The molecule has 1 aliphatic rings. The Morgan fingerprint density at radius 2 is 2.05 bits per heavy atom. The summed E-state index contributed by atoms with van der Waals surface area (Å²) in [6.45, 7) is 5.09. The van der Waals surface area contributed by atoms with Crippen molar-refractivity contribution in [1.82, 2.24) is 4.31 Å². The highest BCUT2D eigenvalue weighted by molar-refractivity contribution is 9.10. The first-order valence-electron chi connectivity index (χ1n) is 7.25. The molecule has 0 heterocycles. The van der Waals surface area contributed by atoms with Gasteiger partial charge in [-0.15, -0.1) is 11.6 Å². The highest BCUT2D eigenvalue weighted by Gasteiger charge is 2.32. The zero-order valence-corrected chi connectivity index (χ0v) is 15.6. The number of benzene rings is 1. The van der Waals surface area contributed by atoms with Gasteiger partial charge in [0.15, 0.2) is 0 Å². The molecule has 6 heteroatoms. The lowest BCUT2D eigenvalue weighted by molar-refractivity contribution is 0.395. The van der Waals surface area contributed by atoms with E-state index in [-0.39, 0.29) is 0 Å². The third-order valence-electron chi connectivity index (χ3n) is 3.68. The fourth-order valence-electron chi connectivity index (χ4n) is 2.36. The number of rotatable bonds is 7. The maximum absolute atomic E-state index is 13.0. The van der Waals surface area contributed by atoms with Crippen molar-refractivity contribution >= 4 is 37.6 Å². The molecule has 0 bridgehead atoms. The molecule has 1 saturated carbocycles. The van der Waals surface area contributed by atoms with E-state index < -0.39 is 10.0 Å². The van der Waals surface area contributed by atoms with Gasteiger partial charge in [-0.2, -0.15) is 4.31 Å². The molecule has 0 radical (unpaired) electrons. The molecule has 0 aliphatic heterocycles. The van der Waals surface area contributed by atoms with Gasteiger partial charge in [-0.05, 0) is 65.2 Å². The molecule has 0 saturated heterocycles. The number of nitrogens with zero attached hydrogens (tertiary/aromatic N) is 1. The van der Waals surface area contributed by atoms with Gasteiger partial charge in [0.25, 0.3) is 0 Å². The Balaban J connectivity index is 2.42. The number of aryl methyl sites for hydroxylation is 1. The lowest BCUT2D eigenvalue weighted by Crippen LogP contribution is -2.34. The predicted octanol–water partition coefficient (Wildman–Crippen LogP) is 4.31. The van der Waals surface area contributed by atoms with Crippen LogP contribution in [0.3, 0.4) is 0 Å². The standard InChI is InChI=1S/C15H21BrClNO2S/c1-3-6-18(10-12-4-5-12)21(19,20)14-8-13(9-17)7-11(2)15(14)16/h7-8,12H,3-6,9-10H2,1-2H3. The minimum absolute atomic E-state index is 0.313. The summed E-state index contributed by atoms with van der Waals surface area (Å²) in [5, 5.41) is 0. The molecule has 1 aromatic carbocycles. The summed E-state index contributed by atoms with van der Waals surface area (Å²) in [6, 6.07) is 3.61. The van der Waals surface area contributed by atoms with E-state index in [2.05, 4.69) is 15.9 Å². The lowest BCUT2D eigenvalue weighted by atomic mass is 10.2. The molecule has 118 valence electrons. The van der Waals surface area contributed by atoms with Crippen LogP contribution in [0.15, 0.2) is 21.5 Å². The number of hydrogen-bond acceptors (Lipinski definition) is 2. The second-order valence-corrected chi connectivity index (χ2v) is 8.63. The largest absolute Gasteiger partial charge is 0.244 e. The van der Waals surface area contributed by atoms with E-state index >= 15 is 0 Å². The van der Waals surface area contributed by atoms with Crippen LogP contribution in [0.4, 0.5) is 0 Å². The first-order valence-corrected chi connectivity index (χ1v) is 10.0. The quantitative estimate of drug-likeness (QED) is 0.646. The summed E-state index contributed by atoms with van der Waals surface area (Å²) in [4.78, 5) is 0.340. The Kier molecular flexibility index (Phi) is 5.74. The minimum atomic E-state index is -3.48. The van der Waals surface area contributed by atoms with Gasteiger partial charge in [0.2, 0.25) is 10.0 Å².